The molecule has 0 unspecified atom stereocenters. The van der Waals surface area contributed by atoms with Crippen LogP contribution in [0, 0.1) is 5.82 Å². The van der Waals surface area contributed by atoms with Crippen LogP contribution in [0.15, 0.2) is 47.3 Å². The number of aromatic nitrogens is 1. The minimum atomic E-state index is -0.490. The van der Waals surface area contributed by atoms with Gasteiger partial charge >= 0.3 is 0 Å². The van der Waals surface area contributed by atoms with Crippen molar-refractivity contribution < 1.29 is 9.18 Å². The lowest BCUT2D eigenvalue weighted by Crippen LogP contribution is -2.38. The normalized spacial score (nSPS) is 16.3. The molecular weight excluding hydrogens is 369 g/mol. The monoisotopic (exact) mass is 391 g/mol. The van der Waals surface area contributed by atoms with Crippen molar-refractivity contribution in [2.24, 2.45) is 0 Å². The van der Waals surface area contributed by atoms with E-state index in [0.717, 1.165) is 42.9 Å². The molecule has 0 aliphatic carbocycles. The van der Waals surface area contributed by atoms with E-state index in [1.807, 2.05) is 0 Å². The number of carbonyl (C=O) groups is 1. The molecule has 148 valence electrons. The molecule has 6 heteroatoms. The third kappa shape index (κ3) is 3.18. The number of nitrogens with zero attached hydrogens (tertiary/aromatic N) is 2. The molecule has 0 atom stereocenters. The molecule has 2 aliphatic heterocycles. The van der Waals surface area contributed by atoms with Crippen LogP contribution in [0.4, 0.5) is 15.8 Å². The Hall–Kier alpha value is -3.15. The second-order valence-electron chi connectivity index (χ2n) is 7.81. The molecule has 1 amide bonds. The van der Waals surface area contributed by atoms with Gasteiger partial charge in [-0.05, 0) is 73.0 Å². The Morgan fingerprint density at radius 2 is 1.79 bits per heavy atom. The predicted molar refractivity (Wildman–Crippen MR) is 112 cm³/mol. The van der Waals surface area contributed by atoms with Gasteiger partial charge in [-0.3, -0.25) is 9.59 Å². The van der Waals surface area contributed by atoms with E-state index >= 15 is 0 Å². The number of benzene rings is 2. The van der Waals surface area contributed by atoms with Gasteiger partial charge in [-0.15, -0.1) is 0 Å². The molecular formula is C23H22FN3O2. The summed E-state index contributed by atoms with van der Waals surface area (Å²) >= 11 is 0. The molecule has 1 N–H and O–H groups in total. The fourth-order valence-electron chi connectivity index (χ4n) is 4.42. The van der Waals surface area contributed by atoms with Gasteiger partial charge in [0.1, 0.15) is 11.4 Å². The van der Waals surface area contributed by atoms with Gasteiger partial charge < -0.3 is 14.8 Å². The molecule has 1 aromatic heterocycles. The Labute approximate surface area is 167 Å². The standard InChI is InChI=1S/C23H22FN3O2/c24-17-7-5-16-12-19(22(28)25-20(16)13-17)23(29)27-11-3-4-15-6-8-18(14-21(15)27)26-9-1-2-10-26/h5-8,12-14H,1-4,9-11H2,(H,25,28). The van der Waals surface area contributed by atoms with Gasteiger partial charge in [0.15, 0.2) is 0 Å². The molecule has 5 rings (SSSR count). The van der Waals surface area contributed by atoms with Crippen molar-refractivity contribution in [3.63, 3.8) is 0 Å². The third-order valence-corrected chi connectivity index (χ3v) is 5.94. The number of halogens is 1. The SMILES string of the molecule is O=C(c1cc2ccc(F)cc2[nH]c1=O)N1CCCc2ccc(N3CCCC3)cc21. The van der Waals surface area contributed by atoms with E-state index in [0.29, 0.717) is 17.4 Å². The summed E-state index contributed by atoms with van der Waals surface area (Å²) in [5.41, 5.74) is 3.14. The number of H-pyrrole nitrogens is 1. The molecule has 2 aliphatic rings. The van der Waals surface area contributed by atoms with Gasteiger partial charge in [-0.25, -0.2) is 4.39 Å². The highest BCUT2D eigenvalue weighted by atomic mass is 19.1. The summed E-state index contributed by atoms with van der Waals surface area (Å²) in [6.07, 6.45) is 4.16. The van der Waals surface area contributed by atoms with E-state index in [9.17, 15) is 14.0 Å². The van der Waals surface area contributed by atoms with E-state index in [1.54, 1.807) is 17.0 Å². The van der Waals surface area contributed by atoms with Crippen LogP contribution in [0.3, 0.4) is 0 Å². The van der Waals surface area contributed by atoms with Gasteiger partial charge in [0.2, 0.25) is 0 Å². The number of carbonyl (C=O) groups excluding carboxylic acids is 1. The summed E-state index contributed by atoms with van der Waals surface area (Å²) in [4.78, 5) is 32.6. The molecule has 0 spiro atoms. The van der Waals surface area contributed by atoms with Crippen molar-refractivity contribution in [1.29, 1.82) is 0 Å². The quantitative estimate of drug-likeness (QED) is 0.722. The van der Waals surface area contributed by atoms with Crippen molar-refractivity contribution in [3.8, 4) is 0 Å². The van der Waals surface area contributed by atoms with Crippen molar-refractivity contribution in [2.75, 3.05) is 29.4 Å². The molecule has 3 aromatic rings. The number of nitrogens with one attached hydrogen (secondary N) is 1. The lowest BCUT2D eigenvalue weighted by Gasteiger charge is -2.31. The van der Waals surface area contributed by atoms with Crippen LogP contribution < -0.4 is 15.4 Å². The van der Waals surface area contributed by atoms with Crippen molar-refractivity contribution in [2.45, 2.75) is 25.7 Å². The number of aromatic amines is 1. The van der Waals surface area contributed by atoms with Crippen LogP contribution in [0.2, 0.25) is 0 Å². The topological polar surface area (TPSA) is 56.4 Å². The van der Waals surface area contributed by atoms with Crippen LogP contribution in [0.5, 0.6) is 0 Å². The lowest BCUT2D eigenvalue weighted by atomic mass is 9.99. The zero-order valence-corrected chi connectivity index (χ0v) is 16.1. The number of fused-ring (bicyclic) bond motifs is 2. The molecule has 5 nitrogen and oxygen atoms in total. The highest BCUT2D eigenvalue weighted by Gasteiger charge is 2.27. The number of rotatable bonds is 2. The molecule has 0 saturated carbocycles. The number of hydrogen-bond acceptors (Lipinski definition) is 3. The van der Waals surface area contributed by atoms with Crippen LogP contribution >= 0.6 is 0 Å². The first-order valence-corrected chi connectivity index (χ1v) is 10.1. The highest BCUT2D eigenvalue weighted by molar-refractivity contribution is 6.08. The zero-order valence-electron chi connectivity index (χ0n) is 16.1. The van der Waals surface area contributed by atoms with E-state index in [4.69, 9.17) is 0 Å². The van der Waals surface area contributed by atoms with Crippen molar-refractivity contribution in [3.05, 3.63) is 69.8 Å². The summed E-state index contributed by atoms with van der Waals surface area (Å²) in [5.74, 6) is -0.733. The predicted octanol–water partition coefficient (Wildman–Crippen LogP) is 3.86. The number of amides is 1. The van der Waals surface area contributed by atoms with Crippen LogP contribution in [-0.2, 0) is 6.42 Å². The lowest BCUT2D eigenvalue weighted by molar-refractivity contribution is 0.0984. The Kier molecular flexibility index (Phi) is 4.34. The van der Waals surface area contributed by atoms with Gasteiger partial charge in [-0.2, -0.15) is 0 Å². The molecule has 1 fully saturated rings. The fourth-order valence-corrected chi connectivity index (χ4v) is 4.42. The largest absolute Gasteiger partial charge is 0.371 e. The average Bonchev–Trinajstić information content (AvgIpc) is 3.27. The maximum absolute atomic E-state index is 13.4. The average molecular weight is 391 g/mol. The van der Waals surface area contributed by atoms with Crippen molar-refractivity contribution in [1.82, 2.24) is 4.98 Å². The summed E-state index contributed by atoms with van der Waals surface area (Å²) in [6, 6.07) is 12.1. The number of anilines is 2. The zero-order chi connectivity index (χ0) is 20.0. The first-order chi connectivity index (χ1) is 14.1. The number of aryl methyl sites for hydroxylation is 1. The smallest absolute Gasteiger partial charge is 0.263 e. The van der Waals surface area contributed by atoms with Gasteiger partial charge in [0.25, 0.3) is 11.5 Å². The number of pyridine rings is 1. The third-order valence-electron chi connectivity index (χ3n) is 5.94. The molecule has 1 saturated heterocycles. The van der Waals surface area contributed by atoms with Gasteiger partial charge in [-0.1, -0.05) is 6.07 Å². The summed E-state index contributed by atoms with van der Waals surface area (Å²) in [7, 11) is 0. The number of hydrogen-bond donors (Lipinski definition) is 1. The van der Waals surface area contributed by atoms with Crippen LogP contribution in [0.25, 0.3) is 10.9 Å². The van der Waals surface area contributed by atoms with E-state index < -0.39 is 11.4 Å². The minimum Gasteiger partial charge on any atom is -0.371 e. The summed E-state index contributed by atoms with van der Waals surface area (Å²) < 4.78 is 13.4. The van der Waals surface area contributed by atoms with E-state index in [-0.39, 0.29) is 11.5 Å². The maximum Gasteiger partial charge on any atom is 0.263 e. The molecule has 29 heavy (non-hydrogen) atoms. The summed E-state index contributed by atoms with van der Waals surface area (Å²) in [5, 5.41) is 0.636. The Balaban J connectivity index is 1.55. The maximum atomic E-state index is 13.4. The van der Waals surface area contributed by atoms with Crippen LogP contribution in [-0.4, -0.2) is 30.5 Å². The second kappa shape index (κ2) is 7.03. The molecule has 0 bridgehead atoms. The van der Waals surface area contributed by atoms with Crippen molar-refractivity contribution >= 4 is 28.2 Å². The van der Waals surface area contributed by atoms with Crippen LogP contribution in [0.1, 0.15) is 35.2 Å². The molecule has 3 heterocycles. The van der Waals surface area contributed by atoms with Gasteiger partial charge in [0, 0.05) is 31.0 Å². The molecule has 0 radical (unpaired) electrons. The van der Waals surface area contributed by atoms with Gasteiger partial charge in [0.05, 0.1) is 5.52 Å². The summed E-state index contributed by atoms with van der Waals surface area (Å²) in [6.45, 7) is 2.65. The Morgan fingerprint density at radius 1 is 0.966 bits per heavy atom. The Morgan fingerprint density at radius 3 is 2.62 bits per heavy atom. The minimum absolute atomic E-state index is 0.0866. The molecule has 2 aromatic carbocycles. The Bertz CT molecular complexity index is 1160. The van der Waals surface area contributed by atoms with E-state index in [1.165, 1.54) is 25.0 Å². The first kappa shape index (κ1) is 17.9. The van der Waals surface area contributed by atoms with E-state index in [2.05, 4.69) is 28.1 Å². The fraction of sp³-hybridized carbons (Fsp3) is 0.304. The first-order valence-electron chi connectivity index (χ1n) is 10.1. The second-order valence-corrected chi connectivity index (χ2v) is 7.81. The highest BCUT2D eigenvalue weighted by Crippen LogP contribution is 2.33.